The molecule has 0 aromatic carbocycles. The van der Waals surface area contributed by atoms with Crippen LogP contribution < -0.4 is 0 Å². The van der Waals surface area contributed by atoms with E-state index in [4.69, 9.17) is 4.74 Å². The fourth-order valence-electron chi connectivity index (χ4n) is 0.296. The minimum absolute atomic E-state index is 0. The van der Waals surface area contributed by atoms with Gasteiger partial charge in [0.15, 0.2) is 0 Å². The van der Waals surface area contributed by atoms with Gasteiger partial charge in [-0.2, -0.15) is 3.71 Å². The molecule has 0 aliphatic heterocycles. The van der Waals surface area contributed by atoms with E-state index in [1.54, 1.807) is 0 Å². The van der Waals surface area contributed by atoms with E-state index in [-0.39, 0.29) is 51.4 Å². The first-order chi connectivity index (χ1) is 4.54. The molecule has 6 heteroatoms. The number of hydrogen-bond donors (Lipinski definition) is 2. The monoisotopic (exact) mass is 221 g/mol. The van der Waals surface area contributed by atoms with Gasteiger partial charge in [-0.1, -0.05) is 13.8 Å². The summed E-state index contributed by atoms with van der Waals surface area (Å²) in [5, 5.41) is 0. The molecule has 0 bridgehead atoms. The van der Waals surface area contributed by atoms with Crippen molar-refractivity contribution in [2.45, 2.75) is 13.8 Å². The van der Waals surface area contributed by atoms with Crippen LogP contribution in [0.5, 0.6) is 0 Å². The molecule has 0 heterocycles. The number of rotatable bonds is 2. The Labute approximate surface area is 121 Å². The molecule has 3 nitrogen and oxygen atoms in total. The van der Waals surface area contributed by atoms with Gasteiger partial charge in [-0.15, -0.1) is 0 Å². The van der Waals surface area contributed by atoms with E-state index in [1.807, 2.05) is 13.8 Å². The minimum atomic E-state index is -0.541. The van der Waals surface area contributed by atoms with Gasteiger partial charge in [0.25, 0.3) is 0 Å². The van der Waals surface area contributed by atoms with Crippen molar-refractivity contribution in [1.82, 2.24) is 3.71 Å². The van der Waals surface area contributed by atoms with E-state index in [1.165, 1.54) is 0 Å². The second-order valence-electron chi connectivity index (χ2n) is 2.26. The Morgan fingerprint density at radius 1 is 1.55 bits per heavy atom. The molecule has 0 radical (unpaired) electrons. The molecule has 1 amide bonds. The molecule has 0 saturated heterocycles. The Balaban J connectivity index is 0. The van der Waals surface area contributed by atoms with Crippen molar-refractivity contribution in [3.05, 3.63) is 0 Å². The Kier molecular flexibility index (Phi) is 11.3. The fourth-order valence-corrected chi connectivity index (χ4v) is 0.411. The molecule has 0 aliphatic rings. The molecular formula is C5H12KNO2S2. The fraction of sp³-hybridized carbons (Fsp3) is 0.800. The van der Waals surface area contributed by atoms with E-state index in [9.17, 15) is 4.79 Å². The zero-order chi connectivity index (χ0) is 8.15. The van der Waals surface area contributed by atoms with Gasteiger partial charge >= 0.3 is 57.5 Å². The maximum absolute atomic E-state index is 10.6. The molecule has 0 unspecified atom stereocenters. The van der Waals surface area contributed by atoms with Crippen molar-refractivity contribution in [3.63, 3.8) is 0 Å². The third kappa shape index (κ3) is 9.52. The van der Waals surface area contributed by atoms with Gasteiger partial charge in [0.2, 0.25) is 0 Å². The van der Waals surface area contributed by atoms with Crippen LogP contribution in [0.15, 0.2) is 0 Å². The van der Waals surface area contributed by atoms with Crippen molar-refractivity contribution in [3.8, 4) is 0 Å². The van der Waals surface area contributed by atoms with Crippen molar-refractivity contribution >= 4 is 83.1 Å². The van der Waals surface area contributed by atoms with Crippen molar-refractivity contribution in [2.24, 2.45) is 5.92 Å². The number of ether oxygens (including phenoxy) is 1. The topological polar surface area (TPSA) is 29.5 Å². The van der Waals surface area contributed by atoms with E-state index in [0.29, 0.717) is 12.5 Å². The van der Waals surface area contributed by atoms with Crippen LogP contribution in [0.25, 0.3) is 0 Å². The average Bonchev–Trinajstić information content (AvgIpc) is 1.82. The molecular weight excluding hydrogens is 209 g/mol. The quantitative estimate of drug-likeness (QED) is 0.540. The second kappa shape index (κ2) is 8.22. The predicted octanol–water partition coefficient (Wildman–Crippen LogP) is 1.12. The normalized spacial score (nSPS) is 8.82. The summed E-state index contributed by atoms with van der Waals surface area (Å²) in [6.45, 7) is 4.31. The average molecular weight is 221 g/mol. The zero-order valence-electron chi connectivity index (χ0n) is 5.94. The van der Waals surface area contributed by atoms with Gasteiger partial charge in [0.05, 0.1) is 6.61 Å². The Bertz CT molecular complexity index is 121. The van der Waals surface area contributed by atoms with Gasteiger partial charge in [-0.05, 0) is 31.5 Å². The summed E-state index contributed by atoms with van der Waals surface area (Å²) < 4.78 is 5.51. The molecule has 0 aliphatic carbocycles. The number of hydrogen-bond acceptors (Lipinski definition) is 4. The van der Waals surface area contributed by atoms with Gasteiger partial charge in [-0.3, -0.25) is 0 Å². The number of carbonyl (C=O) groups excluding carboxylic acids is 1. The first kappa shape index (κ1) is 15.1. The van der Waals surface area contributed by atoms with Crippen molar-refractivity contribution < 1.29 is 9.53 Å². The Morgan fingerprint density at radius 2 is 2.00 bits per heavy atom. The molecule has 0 atom stereocenters. The van der Waals surface area contributed by atoms with E-state index in [0.717, 1.165) is 3.71 Å². The predicted molar refractivity (Wildman–Crippen MR) is 53.1 cm³/mol. The SMILES string of the molecule is CC(C)COC(=O)N(S)S.[KH]. The van der Waals surface area contributed by atoms with Gasteiger partial charge in [0, 0.05) is 0 Å². The van der Waals surface area contributed by atoms with Crippen molar-refractivity contribution in [2.75, 3.05) is 6.61 Å². The van der Waals surface area contributed by atoms with Crippen LogP contribution >= 0.6 is 25.6 Å². The van der Waals surface area contributed by atoms with E-state index < -0.39 is 6.09 Å². The summed E-state index contributed by atoms with van der Waals surface area (Å²) >= 11 is 7.24. The summed E-state index contributed by atoms with van der Waals surface area (Å²) in [6.07, 6.45) is -0.541. The van der Waals surface area contributed by atoms with Crippen LogP contribution in [0.3, 0.4) is 0 Å². The number of carbonyl (C=O) groups is 1. The number of nitrogens with zero attached hydrogens (tertiary/aromatic N) is 1. The van der Waals surface area contributed by atoms with Crippen LogP contribution in [-0.2, 0) is 4.74 Å². The van der Waals surface area contributed by atoms with Gasteiger partial charge < -0.3 is 4.74 Å². The number of amides is 1. The maximum atomic E-state index is 10.6. The Morgan fingerprint density at radius 3 is 2.27 bits per heavy atom. The zero-order valence-corrected chi connectivity index (χ0v) is 7.73. The van der Waals surface area contributed by atoms with Crippen molar-refractivity contribution in [1.29, 1.82) is 0 Å². The number of thiol groups is 2. The molecule has 0 saturated carbocycles. The van der Waals surface area contributed by atoms with Gasteiger partial charge in [0.1, 0.15) is 0 Å². The first-order valence-corrected chi connectivity index (χ1v) is 3.68. The molecule has 11 heavy (non-hydrogen) atoms. The third-order valence-electron chi connectivity index (χ3n) is 0.703. The molecule has 0 aromatic heterocycles. The molecule has 62 valence electrons. The third-order valence-corrected chi connectivity index (χ3v) is 1.03. The standard InChI is InChI=1S/C5H11NO2S2.K.H/c1-4(2)3-8-5(7)6(9)10;;/h4,9-10H,3H2,1-2H3;;. The molecule has 0 aromatic rings. The van der Waals surface area contributed by atoms with Gasteiger partial charge in [-0.25, -0.2) is 4.79 Å². The second-order valence-corrected chi connectivity index (χ2v) is 3.38. The van der Waals surface area contributed by atoms with Crippen LogP contribution in [0.2, 0.25) is 0 Å². The molecule has 0 N–H and O–H groups in total. The van der Waals surface area contributed by atoms with Crippen LogP contribution in [0.4, 0.5) is 4.79 Å². The van der Waals surface area contributed by atoms with E-state index >= 15 is 0 Å². The summed E-state index contributed by atoms with van der Waals surface area (Å²) in [7, 11) is 0. The summed E-state index contributed by atoms with van der Waals surface area (Å²) in [5.41, 5.74) is 0. The summed E-state index contributed by atoms with van der Waals surface area (Å²) in [4.78, 5) is 10.6. The van der Waals surface area contributed by atoms with Crippen LogP contribution in [-0.4, -0.2) is 67.8 Å². The summed E-state index contributed by atoms with van der Waals surface area (Å²) in [6, 6.07) is 0. The summed E-state index contributed by atoms with van der Waals surface area (Å²) in [5.74, 6) is 0.338. The Hall–Kier alpha value is 1.61. The van der Waals surface area contributed by atoms with Crippen LogP contribution in [0, 0.1) is 5.92 Å². The van der Waals surface area contributed by atoms with E-state index in [2.05, 4.69) is 25.6 Å². The van der Waals surface area contributed by atoms with Crippen LogP contribution in [0.1, 0.15) is 13.8 Å². The molecule has 0 rings (SSSR count). The first-order valence-electron chi connectivity index (χ1n) is 2.88. The molecule has 0 spiro atoms. The molecule has 0 fully saturated rings.